The van der Waals surface area contributed by atoms with Crippen LogP contribution in [-0.4, -0.2) is 20.7 Å². The number of hydrogen-bond donors (Lipinski definition) is 2. The van der Waals surface area contributed by atoms with E-state index in [1.54, 1.807) is 16.8 Å². The third-order valence-electron chi connectivity index (χ3n) is 5.91. The maximum atomic E-state index is 13.7. The van der Waals surface area contributed by atoms with E-state index in [0.29, 0.717) is 28.1 Å². The van der Waals surface area contributed by atoms with Gasteiger partial charge >= 0.3 is 0 Å². The van der Waals surface area contributed by atoms with Gasteiger partial charge in [0.05, 0.1) is 5.57 Å². The van der Waals surface area contributed by atoms with Gasteiger partial charge in [0.15, 0.2) is 0 Å². The quantitative estimate of drug-likeness (QED) is 0.331. The number of benzene rings is 3. The lowest BCUT2D eigenvalue weighted by Crippen LogP contribution is -2.31. The molecule has 1 aromatic heterocycles. The number of nitrogens with zero attached hydrogens (tertiary/aromatic N) is 3. The number of halogens is 1. The van der Waals surface area contributed by atoms with Gasteiger partial charge < -0.3 is 10.6 Å². The van der Waals surface area contributed by atoms with E-state index in [9.17, 15) is 9.18 Å². The number of hydrogen-bond acceptors (Lipinski definition) is 5. The van der Waals surface area contributed by atoms with E-state index in [2.05, 4.69) is 34.7 Å². The van der Waals surface area contributed by atoms with E-state index in [1.807, 2.05) is 49.4 Å². The van der Waals surface area contributed by atoms with Crippen molar-refractivity contribution in [1.82, 2.24) is 14.8 Å². The summed E-state index contributed by atoms with van der Waals surface area (Å²) < 4.78 is 15.4. The van der Waals surface area contributed by atoms with Crippen molar-refractivity contribution in [3.05, 3.63) is 113 Å². The van der Waals surface area contributed by atoms with Gasteiger partial charge in [-0.3, -0.25) is 4.79 Å². The molecule has 2 heterocycles. The summed E-state index contributed by atoms with van der Waals surface area (Å²) >= 11 is 1.53. The molecule has 3 aromatic carbocycles. The standard InChI is InChI=1S/C27H24FN5OS/c1-17-8-6-7-9-20(17)16-35-27-31-26-29-18(2)23(25(34)30-22-10-4-3-5-11-22)24(33(26)32-27)19-12-14-21(28)15-13-19/h3-15,24H,16H2,1-2H3,(H,30,34)(H,29,31,32)/t24-/m0/s1. The molecule has 4 aromatic rings. The highest BCUT2D eigenvalue weighted by Crippen LogP contribution is 2.37. The first kappa shape index (κ1) is 22.9. The lowest BCUT2D eigenvalue weighted by Gasteiger charge is -2.28. The van der Waals surface area contributed by atoms with Gasteiger partial charge in [0.25, 0.3) is 5.91 Å². The van der Waals surface area contributed by atoms with E-state index in [4.69, 9.17) is 5.10 Å². The molecular formula is C27H24FN5OS. The molecular weight excluding hydrogens is 461 g/mol. The molecule has 1 amide bonds. The van der Waals surface area contributed by atoms with Gasteiger partial charge in [0.1, 0.15) is 11.9 Å². The first-order chi connectivity index (χ1) is 17.0. The van der Waals surface area contributed by atoms with Crippen molar-refractivity contribution in [3.8, 4) is 0 Å². The number of anilines is 2. The third-order valence-corrected chi connectivity index (χ3v) is 6.80. The van der Waals surface area contributed by atoms with Crippen molar-refractivity contribution >= 4 is 29.3 Å². The van der Waals surface area contributed by atoms with Gasteiger partial charge in [-0.05, 0) is 54.8 Å². The Morgan fingerprint density at radius 2 is 1.74 bits per heavy atom. The Labute approximate surface area is 207 Å². The summed E-state index contributed by atoms with van der Waals surface area (Å²) in [7, 11) is 0. The summed E-state index contributed by atoms with van der Waals surface area (Å²) in [6, 6.07) is 23.1. The second kappa shape index (κ2) is 9.76. The number of amides is 1. The molecule has 5 rings (SSSR count). The fraction of sp³-hybridized carbons (Fsp3) is 0.148. The van der Waals surface area contributed by atoms with Crippen LogP contribution in [0.15, 0.2) is 95.3 Å². The van der Waals surface area contributed by atoms with Crippen LogP contribution in [0, 0.1) is 12.7 Å². The van der Waals surface area contributed by atoms with E-state index in [-0.39, 0.29) is 11.7 Å². The van der Waals surface area contributed by atoms with Crippen LogP contribution in [0.1, 0.15) is 29.7 Å². The highest BCUT2D eigenvalue weighted by Gasteiger charge is 2.34. The van der Waals surface area contributed by atoms with Crippen LogP contribution in [0.25, 0.3) is 0 Å². The molecule has 2 N–H and O–H groups in total. The smallest absolute Gasteiger partial charge is 0.255 e. The summed E-state index contributed by atoms with van der Waals surface area (Å²) in [4.78, 5) is 18.1. The maximum Gasteiger partial charge on any atom is 0.255 e. The molecule has 1 aliphatic heterocycles. The first-order valence-electron chi connectivity index (χ1n) is 11.2. The Morgan fingerprint density at radius 1 is 1.03 bits per heavy atom. The zero-order valence-electron chi connectivity index (χ0n) is 19.3. The molecule has 35 heavy (non-hydrogen) atoms. The molecule has 0 aliphatic carbocycles. The molecule has 1 aliphatic rings. The minimum Gasteiger partial charge on any atom is -0.328 e. The lowest BCUT2D eigenvalue weighted by molar-refractivity contribution is -0.113. The normalized spacial score (nSPS) is 14.9. The first-order valence-corrected chi connectivity index (χ1v) is 12.2. The summed E-state index contributed by atoms with van der Waals surface area (Å²) in [5.74, 6) is 0.670. The summed E-state index contributed by atoms with van der Waals surface area (Å²) in [6.45, 7) is 3.92. The topological polar surface area (TPSA) is 71.8 Å². The average molecular weight is 486 g/mol. The number of aryl methyl sites for hydroxylation is 1. The highest BCUT2D eigenvalue weighted by molar-refractivity contribution is 7.98. The Kier molecular flexibility index (Phi) is 6.37. The zero-order chi connectivity index (χ0) is 24.4. The molecule has 6 nitrogen and oxygen atoms in total. The molecule has 0 fully saturated rings. The summed E-state index contributed by atoms with van der Waals surface area (Å²) in [5, 5.41) is 11.6. The summed E-state index contributed by atoms with van der Waals surface area (Å²) in [5.41, 5.74) is 5.02. The minimum atomic E-state index is -0.559. The van der Waals surface area contributed by atoms with Crippen molar-refractivity contribution in [1.29, 1.82) is 0 Å². The molecule has 0 saturated carbocycles. The highest BCUT2D eigenvalue weighted by atomic mass is 32.2. The van der Waals surface area contributed by atoms with Crippen molar-refractivity contribution in [2.75, 3.05) is 10.6 Å². The van der Waals surface area contributed by atoms with Crippen LogP contribution >= 0.6 is 11.8 Å². The zero-order valence-corrected chi connectivity index (χ0v) is 20.1. The minimum absolute atomic E-state index is 0.259. The Bertz CT molecular complexity index is 1400. The predicted molar refractivity (Wildman–Crippen MR) is 137 cm³/mol. The Balaban J connectivity index is 1.49. The number of thioether (sulfide) groups is 1. The largest absolute Gasteiger partial charge is 0.328 e. The number of para-hydroxylation sites is 1. The molecule has 0 saturated heterocycles. The maximum absolute atomic E-state index is 13.7. The monoisotopic (exact) mass is 485 g/mol. The second-order valence-electron chi connectivity index (χ2n) is 8.32. The second-order valence-corrected chi connectivity index (χ2v) is 9.26. The molecule has 8 heteroatoms. The van der Waals surface area contributed by atoms with Crippen molar-refractivity contribution in [3.63, 3.8) is 0 Å². The number of nitrogens with one attached hydrogen (secondary N) is 2. The van der Waals surface area contributed by atoms with E-state index in [0.717, 1.165) is 11.3 Å². The number of carbonyl (C=O) groups excluding carboxylic acids is 1. The van der Waals surface area contributed by atoms with Crippen LogP contribution in [0.4, 0.5) is 16.0 Å². The van der Waals surface area contributed by atoms with Gasteiger partial charge in [-0.1, -0.05) is 66.4 Å². The van der Waals surface area contributed by atoms with Gasteiger partial charge in [-0.15, -0.1) is 5.10 Å². The number of aromatic nitrogens is 3. The fourth-order valence-corrected chi connectivity index (χ4v) is 4.98. The lowest BCUT2D eigenvalue weighted by atomic mass is 9.95. The molecule has 1 atom stereocenters. The number of allylic oxidation sites excluding steroid dienone is 1. The van der Waals surface area contributed by atoms with Crippen molar-refractivity contribution in [2.24, 2.45) is 0 Å². The SMILES string of the molecule is CC1=C(C(=O)Nc2ccccc2)[C@H](c2ccc(F)cc2)n2nc(SCc3ccccc3C)nc2N1. The van der Waals surface area contributed by atoms with Crippen LogP contribution in [0.3, 0.4) is 0 Å². The molecule has 176 valence electrons. The van der Waals surface area contributed by atoms with E-state index < -0.39 is 6.04 Å². The van der Waals surface area contributed by atoms with E-state index in [1.165, 1.54) is 35.0 Å². The van der Waals surface area contributed by atoms with E-state index >= 15 is 0 Å². The van der Waals surface area contributed by atoms with Crippen LogP contribution < -0.4 is 10.6 Å². The predicted octanol–water partition coefficient (Wildman–Crippen LogP) is 5.95. The Hall–Kier alpha value is -3.91. The third kappa shape index (κ3) is 4.83. The molecule has 0 radical (unpaired) electrons. The molecule has 0 bridgehead atoms. The number of rotatable bonds is 6. The van der Waals surface area contributed by atoms with Gasteiger partial charge in [-0.2, -0.15) is 4.98 Å². The van der Waals surface area contributed by atoms with Crippen LogP contribution in [0.5, 0.6) is 0 Å². The van der Waals surface area contributed by atoms with Crippen LogP contribution in [-0.2, 0) is 10.5 Å². The van der Waals surface area contributed by atoms with Gasteiger partial charge in [-0.25, -0.2) is 9.07 Å². The summed E-state index contributed by atoms with van der Waals surface area (Å²) in [6.07, 6.45) is 0. The molecule has 0 spiro atoms. The van der Waals surface area contributed by atoms with Crippen molar-refractivity contribution < 1.29 is 9.18 Å². The van der Waals surface area contributed by atoms with Crippen molar-refractivity contribution in [2.45, 2.75) is 30.8 Å². The fourth-order valence-electron chi connectivity index (χ4n) is 4.07. The van der Waals surface area contributed by atoms with Crippen LogP contribution in [0.2, 0.25) is 0 Å². The Morgan fingerprint density at radius 3 is 2.49 bits per heavy atom. The van der Waals surface area contributed by atoms with Gasteiger partial charge in [0.2, 0.25) is 11.1 Å². The number of fused-ring (bicyclic) bond motifs is 1. The van der Waals surface area contributed by atoms with Gasteiger partial charge in [0, 0.05) is 17.1 Å². The average Bonchev–Trinajstić information content (AvgIpc) is 3.26. The molecule has 0 unspecified atom stereocenters. The number of carbonyl (C=O) groups is 1.